The summed E-state index contributed by atoms with van der Waals surface area (Å²) >= 11 is 0. The zero-order valence-corrected chi connectivity index (χ0v) is 111. The van der Waals surface area contributed by atoms with Crippen LogP contribution in [0.1, 0.15) is 490 Å². The van der Waals surface area contributed by atoms with Crippen molar-refractivity contribution < 1.29 is 67.0 Å². The van der Waals surface area contributed by atoms with E-state index in [9.17, 15) is 57.5 Å². The third-order valence-electron chi connectivity index (χ3n) is 24.4. The number of hydrogen-bond donors (Lipinski definition) is 3. The first-order valence-corrected chi connectivity index (χ1v) is 56.8. The smallest absolute Gasteiger partial charge is 0.305 e. The fourth-order valence-electron chi connectivity index (χ4n) is 16.8. The molecule has 1 aromatic rings. The minimum atomic E-state index is -0.139. The predicted molar refractivity (Wildman–Crippen MR) is 674 cm³/mol. The Morgan fingerprint density at radius 3 is 0.912 bits per heavy atom. The SMILES string of the molecule is CC(C)CCC(=O)CCCCC[C@H](CC(C)C)C(=O)C(C)C.CC(C)CCC(=O)Nc1ccc(C[C@H](CC(C)C)C(=O)C(C)C)cc1.CC(C)CCC[C@H](CC(C)C)C(=O)C(C)C.CC(C)CNC(=O)CC[C@H](CC(C)C)C(=O)C(C)C.CC(C)COC(=O)CCCCC[C@H](CC(C)C)C(=O)C(C)C.CC(C)C[C@@H](CC(=O)NCC(C)(C)C)C(=O)C(C)C.CC(C)C[C@@H](CCOCC(C)(C)C)C(=O)C(C)C.S.S.S.S.S.S.S. The van der Waals surface area contributed by atoms with E-state index in [0.717, 1.165) is 165 Å². The van der Waals surface area contributed by atoms with Crippen molar-refractivity contribution in [2.45, 2.75) is 491 Å². The summed E-state index contributed by atoms with van der Waals surface area (Å²) in [5.41, 5.74) is 2.26. The number of unbranched alkanes of at least 4 members (excludes halogenated alkanes) is 4. The lowest BCUT2D eigenvalue weighted by molar-refractivity contribution is -0.145. The van der Waals surface area contributed by atoms with E-state index < -0.39 is 0 Å². The lowest BCUT2D eigenvalue weighted by Crippen LogP contribution is -2.35. The van der Waals surface area contributed by atoms with Crippen LogP contribution in [0.4, 0.5) is 5.69 Å². The van der Waals surface area contributed by atoms with Crippen LogP contribution in [-0.4, -0.2) is 103 Å². The van der Waals surface area contributed by atoms with E-state index in [1.165, 1.54) is 12.8 Å². The lowest BCUT2D eigenvalue weighted by Gasteiger charge is -2.22. The Kier molecular flexibility index (Phi) is 116. The standard InChI is InChI=1S/C22H35NO2.C20H38O2.C19H36O3.2C16H31NO2.C16H32O2.C15H30O.7H2S/c1-15(2)7-12-21(24)23-20-10-8-18(9-11-20)14-19(13-16(3)4)22(25)17(5)6;1-15(2)12-13-19(21)11-9-7-8-10-18(14-16(3)4)20(22)17(5)6;1-14(2)12-17(19(21)16(5)6)10-8-7-9-11-18(20)22-13-15(3)4;1-11(2)8-13(15(19)12(3)4)9-14(18)17-10-16(5,6)7;1-11(2)9-14(16(19)13(5)6)7-8-15(18)17-10-12(3)4;1-12(2)10-14(15(17)13(3)4)8-9-18-11-16(5,6)7;1-11(2)8-7-9-14(10-12(3)4)15(16)13(5)6;;;;;;;/h8-11,15-17,19H,7,12-14H2,1-6H3,(H,23,24);15-18H,7-14H2,1-6H3;14-17H,7-13H2,1-6H3;11-13H,8-10H2,1-7H3,(H,17,18);11-14H,7-10H2,1-6H3,(H,17,18);12-14H,8-11H2,1-7H3;11-14H,7-10H2,1-6H3;7*1H2/t19-;18-;17-;13-;3*14-;;;;;;;/m0110111......./s1. The normalized spacial score (nSPS) is 12.7. The molecule has 0 radical (unpaired) electrons. The van der Waals surface area contributed by atoms with Gasteiger partial charge in [-0.15, -0.1) is 0 Å². The molecule has 1 aromatic carbocycles. The Labute approximate surface area is 964 Å². The zero-order valence-electron chi connectivity index (χ0n) is 104. The first-order chi connectivity index (χ1) is 64.9. The maximum absolute atomic E-state index is 12.5. The average Bonchev–Trinajstić information content (AvgIpc) is 0.867. The van der Waals surface area contributed by atoms with Gasteiger partial charge in [0.2, 0.25) is 17.7 Å². The lowest BCUT2D eigenvalue weighted by atomic mass is 9.84. The van der Waals surface area contributed by atoms with Gasteiger partial charge in [0.25, 0.3) is 0 Å². The van der Waals surface area contributed by atoms with Crippen molar-refractivity contribution in [3.8, 4) is 0 Å². The molecule has 0 unspecified atom stereocenters. The zero-order chi connectivity index (χ0) is 110. The first-order valence-electron chi connectivity index (χ1n) is 56.8. The highest BCUT2D eigenvalue weighted by molar-refractivity contribution is 7.60. The fourth-order valence-corrected chi connectivity index (χ4v) is 16.8. The molecule has 0 aliphatic carbocycles. The summed E-state index contributed by atoms with van der Waals surface area (Å²) in [6.07, 6.45) is 25.7. The monoisotopic (exact) mass is 2230 g/mol. The third-order valence-corrected chi connectivity index (χ3v) is 24.4. The molecular weight excluding hydrogens is 1980 g/mol. The highest BCUT2D eigenvalue weighted by Gasteiger charge is 2.31. The van der Waals surface area contributed by atoms with Gasteiger partial charge in [-0.3, -0.25) is 57.5 Å². The van der Waals surface area contributed by atoms with Gasteiger partial charge in [0.1, 0.15) is 46.3 Å². The van der Waals surface area contributed by atoms with Gasteiger partial charge in [-0.1, -0.05) is 355 Å². The van der Waals surface area contributed by atoms with Crippen molar-refractivity contribution in [2.75, 3.05) is 38.2 Å². The van der Waals surface area contributed by atoms with Gasteiger partial charge in [-0.2, -0.15) is 94.5 Å². The molecule has 0 saturated carbocycles. The number of amides is 3. The van der Waals surface area contributed by atoms with Crippen molar-refractivity contribution in [1.82, 2.24) is 10.6 Å². The number of hydrogen-bond acceptors (Lipinski definition) is 14. The summed E-state index contributed by atoms with van der Waals surface area (Å²) < 4.78 is 10.8. The van der Waals surface area contributed by atoms with Crippen molar-refractivity contribution in [1.29, 1.82) is 0 Å². The molecule has 0 aliphatic rings. The number of nitrogens with one attached hydrogen (secondary N) is 3. The Morgan fingerprint density at radius 2 is 0.581 bits per heavy atom. The Hall–Kier alpha value is -3.13. The van der Waals surface area contributed by atoms with E-state index in [1.807, 2.05) is 135 Å². The first kappa shape index (κ1) is 172. The number of carbonyl (C=O) groups is 12. The number of benzene rings is 1. The second kappa shape index (κ2) is 99.4. The van der Waals surface area contributed by atoms with E-state index in [0.29, 0.717) is 170 Å². The maximum atomic E-state index is 12.5. The van der Waals surface area contributed by atoms with Crippen molar-refractivity contribution in [3.05, 3.63) is 29.8 Å². The van der Waals surface area contributed by atoms with Crippen LogP contribution in [0.5, 0.6) is 0 Å². The van der Waals surface area contributed by atoms with Crippen molar-refractivity contribution in [3.63, 3.8) is 0 Å². The van der Waals surface area contributed by atoms with E-state index >= 15 is 0 Å². The summed E-state index contributed by atoms with van der Waals surface area (Å²) in [5.74, 6) is 11.1. The molecule has 0 spiro atoms. The number of anilines is 1. The molecule has 0 heterocycles. The Bertz CT molecular complexity index is 3400. The molecule has 0 saturated heterocycles. The van der Waals surface area contributed by atoms with Crippen LogP contribution >= 0.6 is 94.5 Å². The average molecular weight is 2230 g/mol. The Morgan fingerprint density at radius 1 is 0.270 bits per heavy atom. The number of rotatable bonds is 67. The predicted octanol–water partition coefficient (Wildman–Crippen LogP) is 33.0. The van der Waals surface area contributed by atoms with Gasteiger partial charge in [-0.25, -0.2) is 0 Å². The number of ketones is 8. The van der Waals surface area contributed by atoms with Crippen molar-refractivity contribution in [2.24, 2.45) is 165 Å². The highest BCUT2D eigenvalue weighted by Crippen LogP contribution is 2.31. The van der Waals surface area contributed by atoms with E-state index in [1.54, 1.807) is 0 Å². The van der Waals surface area contributed by atoms with E-state index in [4.69, 9.17) is 9.47 Å². The minimum Gasteiger partial charge on any atom is -0.465 e. The molecule has 3 N–H and O–H groups in total. The second-order valence-electron chi connectivity index (χ2n) is 51.3. The van der Waals surface area contributed by atoms with Gasteiger partial charge >= 0.3 is 5.97 Å². The molecule has 0 aromatic heterocycles. The largest absolute Gasteiger partial charge is 0.465 e. The molecule has 3 amide bonds. The second-order valence-corrected chi connectivity index (χ2v) is 51.3. The van der Waals surface area contributed by atoms with Crippen LogP contribution in [0.25, 0.3) is 0 Å². The summed E-state index contributed by atoms with van der Waals surface area (Å²) in [7, 11) is 0. The number of Topliss-reactive ketones (excluding diaryl/α,β-unsaturated/α-hetero) is 8. The molecule has 0 bridgehead atoms. The molecule has 7 atom stereocenters. The van der Waals surface area contributed by atoms with Crippen LogP contribution < -0.4 is 16.0 Å². The summed E-state index contributed by atoms with van der Waals surface area (Å²) in [6.45, 7) is 95.3. The summed E-state index contributed by atoms with van der Waals surface area (Å²) in [4.78, 5) is 144. The fraction of sp³-hybridized carbons (Fsp3) is 0.855. The maximum Gasteiger partial charge on any atom is 0.305 e. The quantitative estimate of drug-likeness (QED) is 0.0405. The van der Waals surface area contributed by atoms with Crippen LogP contribution in [0, 0.1) is 165 Å². The van der Waals surface area contributed by atoms with Crippen LogP contribution in [0.15, 0.2) is 24.3 Å². The van der Waals surface area contributed by atoms with Gasteiger partial charge < -0.3 is 25.4 Å². The van der Waals surface area contributed by atoms with E-state index in [-0.39, 0.29) is 212 Å². The molecule has 0 fully saturated rings. The van der Waals surface area contributed by atoms with Gasteiger partial charge in [-0.05, 0) is 209 Å². The topological polar surface area (TPSA) is 259 Å². The Balaban J connectivity index is -0.000000130. The van der Waals surface area contributed by atoms with Gasteiger partial charge in [0.05, 0.1) is 13.2 Å². The van der Waals surface area contributed by atoms with Crippen LogP contribution in [-0.2, 0) is 73.4 Å². The molecule has 884 valence electrons. The number of ether oxygens (including phenoxy) is 2. The summed E-state index contributed by atoms with van der Waals surface area (Å²) in [5, 5.41) is 8.78. The van der Waals surface area contributed by atoms with Gasteiger partial charge in [0, 0.05) is 147 Å². The van der Waals surface area contributed by atoms with Crippen LogP contribution in [0.3, 0.4) is 0 Å². The van der Waals surface area contributed by atoms with Crippen molar-refractivity contribution >= 4 is 170 Å². The molecule has 24 heteroatoms. The van der Waals surface area contributed by atoms with E-state index in [2.05, 4.69) is 210 Å². The number of carbonyl (C=O) groups excluding carboxylic acids is 12. The molecule has 0 aliphatic heterocycles. The highest BCUT2D eigenvalue weighted by atomic mass is 32.1. The summed E-state index contributed by atoms with van der Waals surface area (Å²) in [6, 6.07) is 7.93. The molecule has 148 heavy (non-hydrogen) atoms. The minimum absolute atomic E-state index is 0. The molecular formula is C124H247N3O14S7. The van der Waals surface area contributed by atoms with Crippen LogP contribution in [0.2, 0.25) is 0 Å². The number of esters is 1. The third kappa shape index (κ3) is 107. The van der Waals surface area contributed by atoms with Gasteiger partial charge in [0.15, 0.2) is 0 Å². The molecule has 17 nitrogen and oxygen atoms in total. The molecule has 1 rings (SSSR count).